The molecule has 1 amide bonds. The number of fused-ring (bicyclic) bond motifs is 4. The van der Waals surface area contributed by atoms with Gasteiger partial charge in [-0.25, -0.2) is 0 Å². The van der Waals surface area contributed by atoms with Crippen molar-refractivity contribution >= 4 is 40.0 Å². The van der Waals surface area contributed by atoms with E-state index in [1.807, 2.05) is 6.92 Å². The monoisotopic (exact) mass is 605 g/mol. The number of carbonyl (C=O) groups excluding carboxylic acids is 1. The number of carbonyl (C=O) groups is 1. The predicted molar refractivity (Wildman–Crippen MR) is 152 cm³/mol. The van der Waals surface area contributed by atoms with Crippen molar-refractivity contribution in [1.29, 1.82) is 0 Å². The topological polar surface area (TPSA) is 106 Å². The van der Waals surface area contributed by atoms with Crippen LogP contribution in [0.1, 0.15) is 75.7 Å². The Morgan fingerprint density at radius 3 is 2.90 bits per heavy atom. The third-order valence-electron chi connectivity index (χ3n) is 8.90. The highest BCUT2D eigenvalue weighted by molar-refractivity contribution is 7.10. The average Bonchev–Trinajstić information content (AvgIpc) is 3.59. The lowest BCUT2D eigenvalue weighted by Gasteiger charge is -2.50. The van der Waals surface area contributed by atoms with Crippen molar-refractivity contribution in [2.45, 2.75) is 76.2 Å². The summed E-state index contributed by atoms with van der Waals surface area (Å²) in [5, 5.41) is 12.1. The molecular formula is C28H32F3N7O3S. The van der Waals surface area contributed by atoms with Crippen molar-refractivity contribution in [3.8, 4) is 0 Å². The number of nitrogens with one attached hydrogen (secondary N) is 2. The number of rotatable bonds is 4. The Hall–Kier alpha value is -3.23. The van der Waals surface area contributed by atoms with Crippen molar-refractivity contribution in [3.05, 3.63) is 43.8 Å². The largest absolute Gasteiger partial charge is 0.425 e. The zero-order valence-corrected chi connectivity index (χ0v) is 23.9. The highest BCUT2D eigenvalue weighted by atomic mass is 32.1. The summed E-state index contributed by atoms with van der Waals surface area (Å²) in [4.78, 5) is 34.2. The molecule has 1 saturated heterocycles. The molecule has 2 N–H and O–H groups in total. The molecule has 3 aromatic heterocycles. The van der Waals surface area contributed by atoms with Crippen LogP contribution < -0.4 is 21.1 Å². The fourth-order valence-electron chi connectivity index (χ4n) is 6.70. The fraction of sp³-hybridized carbons (Fsp3) is 0.571. The van der Waals surface area contributed by atoms with Crippen LogP contribution in [-0.2, 0) is 15.7 Å². The maximum absolute atomic E-state index is 14.3. The lowest BCUT2D eigenvalue weighted by Crippen LogP contribution is -2.64. The van der Waals surface area contributed by atoms with Crippen molar-refractivity contribution in [3.63, 3.8) is 0 Å². The number of hydrogen-bond donors (Lipinski definition) is 2. The van der Waals surface area contributed by atoms with Gasteiger partial charge in [-0.15, -0.1) is 16.4 Å². The van der Waals surface area contributed by atoms with Crippen molar-refractivity contribution in [2.24, 2.45) is 0 Å². The molecular weight excluding hydrogens is 571 g/mol. The van der Waals surface area contributed by atoms with Gasteiger partial charge in [-0.1, -0.05) is 13.0 Å². The summed E-state index contributed by atoms with van der Waals surface area (Å²) in [5.74, 6) is -0.303. The first-order valence-corrected chi connectivity index (χ1v) is 15.1. The first kappa shape index (κ1) is 25.3. The fourth-order valence-corrected chi connectivity index (χ4v) is 7.59. The van der Waals surface area contributed by atoms with Gasteiger partial charge in [-0.05, 0) is 50.2 Å². The molecule has 4 aliphatic rings. The van der Waals surface area contributed by atoms with Crippen LogP contribution in [0.25, 0.3) is 11.4 Å². The molecule has 7 rings (SSSR count). The van der Waals surface area contributed by atoms with Gasteiger partial charge < -0.3 is 20.3 Å². The van der Waals surface area contributed by atoms with Gasteiger partial charge in [0.1, 0.15) is 16.6 Å². The molecule has 10 nitrogen and oxygen atoms in total. The second-order valence-corrected chi connectivity index (χ2v) is 12.3. The van der Waals surface area contributed by atoms with Crippen LogP contribution in [-0.4, -0.2) is 63.4 Å². The first-order valence-electron chi connectivity index (χ1n) is 15.2. The molecule has 1 saturated carbocycles. The molecule has 4 atom stereocenters. The summed E-state index contributed by atoms with van der Waals surface area (Å²) in [6.45, 7) is 2.80. The molecule has 0 bridgehead atoms. The maximum atomic E-state index is 14.3. The van der Waals surface area contributed by atoms with Crippen molar-refractivity contribution in [1.82, 2.24) is 24.5 Å². The third-order valence-corrected chi connectivity index (χ3v) is 10.0. The SMILES string of the molecule is [2H]C1([2H])CCC(c2nc3n4c(c(N5CCN[C@H]6CC[C@@H]65)c(=O)n3n2)C(C)CC4C(=O)Nc2csc(C(F)(F)F)c2C)=CCO1. The number of halogens is 3. The van der Waals surface area contributed by atoms with Crippen LogP contribution in [0.15, 0.2) is 16.3 Å². The zero-order valence-electron chi connectivity index (χ0n) is 25.1. The molecule has 0 aromatic carbocycles. The maximum Gasteiger partial charge on any atom is 0.425 e. The average molecular weight is 606 g/mol. The van der Waals surface area contributed by atoms with Crippen LogP contribution >= 0.6 is 11.3 Å². The standard InChI is InChI=1S/C28H32F3N7O3S/c1-14-12-20(25(39)33-18-13-42-23(15(18)2)28(29,30)31)37-21(14)22(36-9-8-32-17-5-6-19(17)36)26(40)38-27(37)34-24(35-38)16-4-3-10-41-11-7-16/h7,13-14,17,19-20,32H,3-6,8-12H2,1-2H3,(H,33,39)/t14?,17-,19-,20?/m0/s1/i10D2. The molecule has 42 heavy (non-hydrogen) atoms. The number of allylic oxidation sites excluding steroid dienone is 1. The minimum atomic E-state index is -4.52. The molecule has 2 unspecified atom stereocenters. The number of nitrogens with zero attached hydrogens (tertiary/aromatic N) is 5. The summed E-state index contributed by atoms with van der Waals surface area (Å²) in [6, 6.07) is -0.467. The van der Waals surface area contributed by atoms with Crippen LogP contribution in [0, 0.1) is 6.92 Å². The van der Waals surface area contributed by atoms with Crippen molar-refractivity contribution < 1.29 is 25.4 Å². The van der Waals surface area contributed by atoms with Gasteiger partial charge in [0.2, 0.25) is 11.7 Å². The Balaban J connectivity index is 1.35. The third kappa shape index (κ3) is 4.37. The number of piperazine rings is 1. The smallest absolute Gasteiger partial charge is 0.377 e. The lowest BCUT2D eigenvalue weighted by atomic mass is 9.83. The molecule has 1 aliphatic carbocycles. The van der Waals surface area contributed by atoms with E-state index in [0.717, 1.165) is 12.8 Å². The summed E-state index contributed by atoms with van der Waals surface area (Å²) in [6.07, 6.45) is -0.195. The van der Waals surface area contributed by atoms with E-state index in [1.54, 1.807) is 10.6 Å². The second-order valence-electron chi connectivity index (χ2n) is 11.4. The molecule has 6 heterocycles. The second kappa shape index (κ2) is 10.2. The molecule has 0 spiro atoms. The van der Waals surface area contributed by atoms with E-state index in [2.05, 4.69) is 20.6 Å². The quantitative estimate of drug-likeness (QED) is 0.462. The predicted octanol–water partition coefficient (Wildman–Crippen LogP) is 4.10. The van der Waals surface area contributed by atoms with Gasteiger partial charge >= 0.3 is 6.18 Å². The molecule has 224 valence electrons. The highest BCUT2D eigenvalue weighted by Gasteiger charge is 2.45. The van der Waals surface area contributed by atoms with Crippen LogP contribution in [0.2, 0.25) is 0 Å². The number of alkyl halides is 3. The Labute approximate surface area is 246 Å². The van der Waals surface area contributed by atoms with E-state index < -0.39 is 29.6 Å². The van der Waals surface area contributed by atoms with Gasteiger partial charge in [0.15, 0.2) is 5.82 Å². The van der Waals surface area contributed by atoms with E-state index in [1.165, 1.54) is 16.8 Å². The van der Waals surface area contributed by atoms with Gasteiger partial charge in [0.05, 0.1) is 20.7 Å². The summed E-state index contributed by atoms with van der Waals surface area (Å²) >= 11 is 0.537. The summed E-state index contributed by atoms with van der Waals surface area (Å²) in [5.41, 5.74) is 1.50. The van der Waals surface area contributed by atoms with E-state index in [9.17, 15) is 22.8 Å². The van der Waals surface area contributed by atoms with E-state index in [0.29, 0.717) is 54.2 Å². The molecule has 3 aromatic rings. The summed E-state index contributed by atoms with van der Waals surface area (Å²) in [7, 11) is 0. The van der Waals surface area contributed by atoms with Crippen LogP contribution in [0.5, 0.6) is 0 Å². The van der Waals surface area contributed by atoms with Gasteiger partial charge in [0.25, 0.3) is 5.56 Å². The van der Waals surface area contributed by atoms with E-state index in [-0.39, 0.29) is 59.4 Å². The van der Waals surface area contributed by atoms with Crippen LogP contribution in [0.4, 0.5) is 24.5 Å². The Bertz CT molecular complexity index is 1750. The molecule has 14 heteroatoms. The molecule has 3 aliphatic heterocycles. The Morgan fingerprint density at radius 1 is 1.33 bits per heavy atom. The minimum Gasteiger partial charge on any atom is -0.377 e. The molecule has 0 radical (unpaired) electrons. The van der Waals surface area contributed by atoms with Gasteiger partial charge in [-0.2, -0.15) is 22.7 Å². The van der Waals surface area contributed by atoms with E-state index >= 15 is 0 Å². The number of thiophene rings is 1. The number of hydrogen-bond acceptors (Lipinski definition) is 8. The minimum absolute atomic E-state index is 0.0183. The lowest BCUT2D eigenvalue weighted by molar-refractivity contribution is -0.134. The number of amides is 1. The first-order chi connectivity index (χ1) is 20.8. The van der Waals surface area contributed by atoms with Gasteiger partial charge in [0, 0.05) is 43.0 Å². The normalized spacial score (nSPS) is 27.8. The van der Waals surface area contributed by atoms with Gasteiger partial charge in [-0.3, -0.25) is 14.2 Å². The number of aromatic nitrogens is 4. The summed E-state index contributed by atoms with van der Waals surface area (Å²) < 4.78 is 64.6. The van der Waals surface area contributed by atoms with E-state index in [4.69, 9.17) is 12.5 Å². The van der Waals surface area contributed by atoms with Crippen LogP contribution in [0.3, 0.4) is 0 Å². The Morgan fingerprint density at radius 2 is 2.17 bits per heavy atom. The highest BCUT2D eigenvalue weighted by Crippen LogP contribution is 2.45. The number of ether oxygens (including phenoxy) is 1. The van der Waals surface area contributed by atoms with Crippen molar-refractivity contribution in [2.75, 3.05) is 36.5 Å². The molecule has 2 fully saturated rings. The number of anilines is 2. The Kier molecular flexibility index (Phi) is 6.14. The zero-order chi connectivity index (χ0) is 31.1.